The predicted octanol–water partition coefficient (Wildman–Crippen LogP) is 3.43. The summed E-state index contributed by atoms with van der Waals surface area (Å²) in [6.45, 7) is 12.5. The van der Waals surface area contributed by atoms with E-state index >= 15 is 0 Å². The lowest BCUT2D eigenvalue weighted by Crippen LogP contribution is -2.51. The van der Waals surface area contributed by atoms with Gasteiger partial charge in [-0.1, -0.05) is 45.4 Å². The lowest BCUT2D eigenvalue weighted by molar-refractivity contribution is -0.135. The zero-order chi connectivity index (χ0) is 20.1. The lowest BCUT2D eigenvalue weighted by atomic mass is 10.0. The van der Waals surface area contributed by atoms with E-state index in [-0.39, 0.29) is 17.9 Å². The Labute approximate surface area is 160 Å². The van der Waals surface area contributed by atoms with E-state index in [9.17, 15) is 9.59 Å². The van der Waals surface area contributed by atoms with E-state index in [1.54, 1.807) is 11.1 Å². The number of nitrogens with one attached hydrogen (secondary N) is 2. The molecule has 0 fully saturated rings. The molecule has 0 saturated heterocycles. The minimum absolute atomic E-state index is 0.0744. The summed E-state index contributed by atoms with van der Waals surface area (Å²) in [5.41, 5.74) is 2.98. The van der Waals surface area contributed by atoms with Crippen molar-refractivity contribution in [1.29, 1.82) is 0 Å². The number of allylic oxidation sites excluding steroid dienone is 1. The molecule has 27 heavy (non-hydrogen) atoms. The maximum absolute atomic E-state index is 13.2. The largest absolute Gasteiger partial charge is 0.453 e. The van der Waals surface area contributed by atoms with E-state index in [1.807, 2.05) is 26.8 Å². The minimum atomic E-state index is -0.663. The Kier molecular flexibility index (Phi) is 6.82. The maximum atomic E-state index is 13.2. The zero-order valence-corrected chi connectivity index (χ0v) is 16.8. The molecule has 0 radical (unpaired) electrons. The Morgan fingerprint density at radius 2 is 2.19 bits per heavy atom. The summed E-state index contributed by atoms with van der Waals surface area (Å²) in [5.74, 6) is 0.474. The van der Waals surface area contributed by atoms with Crippen LogP contribution < -0.4 is 5.32 Å². The smallest absolute Gasteiger partial charge is 0.407 e. The van der Waals surface area contributed by atoms with Crippen molar-refractivity contribution in [2.24, 2.45) is 5.92 Å². The molecule has 1 aliphatic heterocycles. The van der Waals surface area contributed by atoms with Crippen LogP contribution in [0.3, 0.4) is 0 Å². The van der Waals surface area contributed by atoms with Crippen molar-refractivity contribution in [3.05, 3.63) is 35.9 Å². The van der Waals surface area contributed by atoms with Gasteiger partial charge in [0.1, 0.15) is 17.9 Å². The average Bonchev–Trinajstić information content (AvgIpc) is 3.25. The van der Waals surface area contributed by atoms with E-state index < -0.39 is 12.1 Å². The van der Waals surface area contributed by atoms with Crippen molar-refractivity contribution in [1.82, 2.24) is 20.2 Å². The van der Waals surface area contributed by atoms with Crippen LogP contribution in [-0.2, 0) is 9.53 Å². The molecule has 7 heteroatoms. The highest BCUT2D eigenvalue weighted by Gasteiger charge is 2.36. The molecule has 0 bridgehead atoms. The molecule has 0 saturated carbocycles. The van der Waals surface area contributed by atoms with Gasteiger partial charge in [-0.25, -0.2) is 9.78 Å². The van der Waals surface area contributed by atoms with Gasteiger partial charge in [0.05, 0.1) is 19.0 Å². The molecule has 2 N–H and O–H groups in total. The molecule has 2 amide bonds. The number of ether oxygens (including phenoxy) is 1. The highest BCUT2D eigenvalue weighted by atomic mass is 16.5. The number of carbonyl (C=O) groups is 2. The molecule has 2 rings (SSSR count). The SMILES string of the molecule is C=C(CCC)c1cnc(C2C=C(C)CN2C(=O)C(NC(=O)OC)C(C)C)[nH]1. The maximum Gasteiger partial charge on any atom is 0.407 e. The number of imidazole rings is 1. The van der Waals surface area contributed by atoms with Gasteiger partial charge in [0.15, 0.2) is 0 Å². The third-order valence-corrected chi connectivity index (χ3v) is 4.68. The van der Waals surface area contributed by atoms with E-state index in [0.29, 0.717) is 12.4 Å². The van der Waals surface area contributed by atoms with Crippen LogP contribution in [0, 0.1) is 5.92 Å². The third kappa shape index (κ3) is 4.78. The van der Waals surface area contributed by atoms with Crippen molar-refractivity contribution in [2.75, 3.05) is 13.7 Å². The second-order valence-electron chi connectivity index (χ2n) is 7.32. The number of methoxy groups -OCH3 is 1. The van der Waals surface area contributed by atoms with Crippen molar-refractivity contribution in [3.63, 3.8) is 0 Å². The van der Waals surface area contributed by atoms with Crippen LogP contribution in [-0.4, -0.2) is 46.6 Å². The summed E-state index contributed by atoms with van der Waals surface area (Å²) in [5, 5.41) is 2.65. The van der Waals surface area contributed by atoms with Gasteiger partial charge in [-0.2, -0.15) is 0 Å². The molecule has 2 atom stereocenters. The Morgan fingerprint density at radius 1 is 1.48 bits per heavy atom. The van der Waals surface area contributed by atoms with Gasteiger partial charge < -0.3 is 19.9 Å². The fraction of sp³-hybridized carbons (Fsp3) is 0.550. The number of alkyl carbamates (subject to hydrolysis) is 1. The molecule has 2 heterocycles. The van der Waals surface area contributed by atoms with Crippen molar-refractivity contribution in [2.45, 2.75) is 52.6 Å². The zero-order valence-electron chi connectivity index (χ0n) is 16.8. The highest BCUT2D eigenvalue weighted by Crippen LogP contribution is 2.30. The first-order valence-electron chi connectivity index (χ1n) is 9.33. The topological polar surface area (TPSA) is 87.3 Å². The first-order valence-corrected chi connectivity index (χ1v) is 9.33. The van der Waals surface area contributed by atoms with Crippen LogP contribution in [0.15, 0.2) is 24.4 Å². The first-order chi connectivity index (χ1) is 12.8. The Hall–Kier alpha value is -2.57. The molecule has 0 spiro atoms. The van der Waals surface area contributed by atoms with Gasteiger partial charge >= 0.3 is 6.09 Å². The molecule has 1 aromatic rings. The van der Waals surface area contributed by atoms with Gasteiger partial charge in [-0.3, -0.25) is 4.79 Å². The normalized spacial score (nSPS) is 17.6. The first kappa shape index (κ1) is 20.7. The summed E-state index contributed by atoms with van der Waals surface area (Å²) in [7, 11) is 1.29. The molecule has 0 aromatic carbocycles. The number of rotatable bonds is 7. The van der Waals surface area contributed by atoms with E-state index in [0.717, 1.165) is 29.7 Å². The summed E-state index contributed by atoms with van der Waals surface area (Å²) in [4.78, 5) is 34.4. The van der Waals surface area contributed by atoms with Gasteiger partial charge in [0.25, 0.3) is 0 Å². The Bertz CT molecular complexity index is 735. The van der Waals surface area contributed by atoms with Crippen LogP contribution in [0.25, 0.3) is 5.57 Å². The number of aromatic amines is 1. The molecule has 2 unspecified atom stereocenters. The van der Waals surface area contributed by atoms with Crippen LogP contribution in [0.4, 0.5) is 4.79 Å². The molecule has 1 aromatic heterocycles. The lowest BCUT2D eigenvalue weighted by Gasteiger charge is -2.30. The standard InChI is InChI=1S/C20H30N4O3/c1-7-8-14(5)15-10-21-18(22-15)16-9-13(4)11-24(16)19(25)17(12(2)3)23-20(26)27-6/h9-10,12,16-17H,5,7-8,11H2,1-4,6H3,(H,21,22)(H,23,26). The Morgan fingerprint density at radius 3 is 2.78 bits per heavy atom. The van der Waals surface area contributed by atoms with Gasteiger partial charge in [-0.05, 0) is 24.8 Å². The molecule has 7 nitrogen and oxygen atoms in total. The number of H-pyrrole nitrogens is 1. The van der Waals surface area contributed by atoms with E-state index in [2.05, 4.69) is 33.5 Å². The second kappa shape index (κ2) is 8.88. The van der Waals surface area contributed by atoms with Crippen molar-refractivity contribution < 1.29 is 14.3 Å². The number of carbonyl (C=O) groups excluding carboxylic acids is 2. The van der Waals surface area contributed by atoms with E-state index in [1.165, 1.54) is 7.11 Å². The van der Waals surface area contributed by atoms with Crippen LogP contribution in [0.1, 0.15) is 58.1 Å². The number of amides is 2. The summed E-state index contributed by atoms with van der Waals surface area (Å²) in [6, 6.07) is -0.954. The highest BCUT2D eigenvalue weighted by molar-refractivity contribution is 5.87. The molecular weight excluding hydrogens is 344 g/mol. The van der Waals surface area contributed by atoms with Gasteiger partial charge in [0.2, 0.25) is 5.91 Å². The second-order valence-corrected chi connectivity index (χ2v) is 7.32. The summed E-state index contributed by atoms with van der Waals surface area (Å²) >= 11 is 0. The van der Waals surface area contributed by atoms with Crippen LogP contribution >= 0.6 is 0 Å². The third-order valence-electron chi connectivity index (χ3n) is 4.68. The fourth-order valence-electron chi connectivity index (χ4n) is 3.20. The quantitative estimate of drug-likeness (QED) is 0.716. The van der Waals surface area contributed by atoms with Crippen molar-refractivity contribution >= 4 is 17.6 Å². The summed E-state index contributed by atoms with van der Waals surface area (Å²) in [6.07, 6.45) is 5.08. The Balaban J connectivity index is 2.24. The molecule has 0 aliphatic carbocycles. The van der Waals surface area contributed by atoms with Crippen molar-refractivity contribution in [3.8, 4) is 0 Å². The average molecular weight is 374 g/mol. The number of nitrogens with zero attached hydrogens (tertiary/aromatic N) is 2. The van der Waals surface area contributed by atoms with Gasteiger partial charge in [-0.15, -0.1) is 0 Å². The fourth-order valence-corrected chi connectivity index (χ4v) is 3.20. The number of hydrogen-bond acceptors (Lipinski definition) is 4. The van der Waals surface area contributed by atoms with Crippen LogP contribution in [0.2, 0.25) is 0 Å². The monoisotopic (exact) mass is 374 g/mol. The van der Waals surface area contributed by atoms with Crippen LogP contribution in [0.5, 0.6) is 0 Å². The minimum Gasteiger partial charge on any atom is -0.453 e. The van der Waals surface area contributed by atoms with E-state index in [4.69, 9.17) is 0 Å². The summed E-state index contributed by atoms with van der Waals surface area (Å²) < 4.78 is 4.67. The number of hydrogen-bond donors (Lipinski definition) is 2. The molecular formula is C20H30N4O3. The van der Waals surface area contributed by atoms with Gasteiger partial charge in [0, 0.05) is 6.54 Å². The molecule has 1 aliphatic rings. The molecule has 148 valence electrons. The number of aromatic nitrogens is 2. The predicted molar refractivity (Wildman–Crippen MR) is 105 cm³/mol.